The summed E-state index contributed by atoms with van der Waals surface area (Å²) >= 11 is 0. The van der Waals surface area contributed by atoms with E-state index in [4.69, 9.17) is 18.6 Å². The number of esters is 2. The van der Waals surface area contributed by atoms with E-state index in [9.17, 15) is 19.8 Å². The van der Waals surface area contributed by atoms with Gasteiger partial charge in [-0.15, -0.1) is 0 Å². The number of hydrogen-bond acceptors (Lipinski definition) is 8. The molecular weight excluding hydrogens is 464 g/mol. The summed E-state index contributed by atoms with van der Waals surface area (Å²) < 4.78 is 23.0. The SMILES string of the molecule is COC(=O)C1CC(O)C(C)(C)C2CC(O)C3(C)C(CCC4(C)C(c5ccoc5)OC(=O)C5OC543)C12C. The maximum Gasteiger partial charge on any atom is 0.339 e. The Hall–Kier alpha value is -1.90. The Morgan fingerprint density at radius 3 is 2.42 bits per heavy atom. The number of epoxide rings is 1. The standard InChI is InChI=1S/C28H38O8/c1-24(2)17-12-19(30)27(5)16(26(17,4)15(11-18(24)29)22(31)33-6)7-9-25(3)20(14-8-10-34-13-14)35-23(32)21-28(25,27)36-21/h8,10,13,15-21,29-30H,7,9,11-12H2,1-6H3. The summed E-state index contributed by atoms with van der Waals surface area (Å²) in [6, 6.07) is 1.82. The molecule has 0 radical (unpaired) electrons. The molecule has 11 atom stereocenters. The van der Waals surface area contributed by atoms with Crippen molar-refractivity contribution in [3.63, 3.8) is 0 Å². The molecular formula is C28H38O8. The lowest BCUT2D eigenvalue weighted by molar-refractivity contribution is -0.284. The van der Waals surface area contributed by atoms with Crippen LogP contribution in [0.25, 0.3) is 0 Å². The van der Waals surface area contributed by atoms with Gasteiger partial charge in [-0.05, 0) is 54.4 Å². The lowest BCUT2D eigenvalue weighted by Crippen LogP contribution is -2.74. The molecule has 1 spiro atoms. The lowest BCUT2D eigenvalue weighted by Gasteiger charge is -2.71. The third-order valence-corrected chi connectivity index (χ3v) is 11.9. The number of ether oxygens (including phenoxy) is 3. The van der Waals surface area contributed by atoms with Crippen LogP contribution in [0.15, 0.2) is 23.0 Å². The average Bonchev–Trinajstić information content (AvgIpc) is 3.40. The van der Waals surface area contributed by atoms with Gasteiger partial charge in [0.1, 0.15) is 11.7 Å². The minimum Gasteiger partial charge on any atom is -0.472 e. The van der Waals surface area contributed by atoms with Gasteiger partial charge in [0, 0.05) is 16.4 Å². The third kappa shape index (κ3) is 2.47. The lowest BCUT2D eigenvalue weighted by atomic mass is 9.33. The molecule has 36 heavy (non-hydrogen) atoms. The smallest absolute Gasteiger partial charge is 0.339 e. The van der Waals surface area contributed by atoms with Crippen molar-refractivity contribution >= 4 is 11.9 Å². The largest absolute Gasteiger partial charge is 0.472 e. The number of carbonyl (C=O) groups excluding carboxylic acids is 2. The number of cyclic esters (lactones) is 1. The van der Waals surface area contributed by atoms with E-state index in [1.807, 2.05) is 19.9 Å². The van der Waals surface area contributed by atoms with Crippen molar-refractivity contribution in [3.05, 3.63) is 24.2 Å². The van der Waals surface area contributed by atoms with Crippen LogP contribution in [0.5, 0.6) is 0 Å². The van der Waals surface area contributed by atoms with Gasteiger partial charge in [-0.25, -0.2) is 4.79 Å². The van der Waals surface area contributed by atoms with Crippen molar-refractivity contribution in [2.24, 2.45) is 39.4 Å². The van der Waals surface area contributed by atoms with Crippen molar-refractivity contribution in [2.45, 2.75) is 90.3 Å². The molecule has 198 valence electrons. The van der Waals surface area contributed by atoms with Gasteiger partial charge in [0.15, 0.2) is 6.10 Å². The predicted octanol–water partition coefficient (Wildman–Crippen LogP) is 3.40. The molecule has 0 aromatic carbocycles. The first-order valence-corrected chi connectivity index (χ1v) is 13.2. The van der Waals surface area contributed by atoms with Crippen LogP contribution >= 0.6 is 0 Å². The van der Waals surface area contributed by atoms with Crippen molar-refractivity contribution in [1.29, 1.82) is 0 Å². The summed E-state index contributed by atoms with van der Waals surface area (Å²) in [6.45, 7) is 10.4. The maximum atomic E-state index is 13.2. The minimum atomic E-state index is -0.936. The molecule has 5 fully saturated rings. The fourth-order valence-corrected chi connectivity index (χ4v) is 10.0. The second-order valence-electron chi connectivity index (χ2n) is 13.2. The van der Waals surface area contributed by atoms with Crippen LogP contribution in [-0.4, -0.2) is 53.2 Å². The Balaban J connectivity index is 1.53. The van der Waals surface area contributed by atoms with Crippen molar-refractivity contribution in [1.82, 2.24) is 0 Å². The highest BCUT2D eigenvalue weighted by Gasteiger charge is 2.88. The highest BCUT2D eigenvalue weighted by atomic mass is 16.7. The summed E-state index contributed by atoms with van der Waals surface area (Å²) in [5.41, 5.74) is -2.63. The predicted molar refractivity (Wildman–Crippen MR) is 126 cm³/mol. The zero-order chi connectivity index (χ0) is 26.1. The molecule has 2 N–H and O–H groups in total. The van der Waals surface area contributed by atoms with Gasteiger partial charge < -0.3 is 28.8 Å². The summed E-state index contributed by atoms with van der Waals surface area (Å²) in [5, 5.41) is 23.1. The number of furan rings is 1. The van der Waals surface area contributed by atoms with E-state index >= 15 is 0 Å². The Labute approximate surface area is 211 Å². The van der Waals surface area contributed by atoms with Gasteiger partial charge in [-0.1, -0.05) is 34.6 Å². The van der Waals surface area contributed by atoms with Crippen LogP contribution in [-0.2, 0) is 23.8 Å². The topological polar surface area (TPSA) is 119 Å². The first-order valence-electron chi connectivity index (χ1n) is 13.2. The fraction of sp³-hybridized carbons (Fsp3) is 0.786. The van der Waals surface area contributed by atoms with Gasteiger partial charge in [-0.2, -0.15) is 0 Å². The van der Waals surface area contributed by atoms with Crippen molar-refractivity contribution in [3.8, 4) is 0 Å². The Morgan fingerprint density at radius 1 is 1.06 bits per heavy atom. The van der Waals surface area contributed by atoms with E-state index in [1.54, 1.807) is 12.5 Å². The van der Waals surface area contributed by atoms with E-state index in [0.29, 0.717) is 19.3 Å². The van der Waals surface area contributed by atoms with Crippen LogP contribution in [0, 0.1) is 39.4 Å². The molecule has 2 saturated heterocycles. The van der Waals surface area contributed by atoms with Crippen molar-refractivity contribution in [2.75, 3.05) is 7.11 Å². The quantitative estimate of drug-likeness (QED) is 0.467. The molecule has 0 amide bonds. The van der Waals surface area contributed by atoms with Gasteiger partial charge in [0.05, 0.1) is 37.8 Å². The molecule has 1 aromatic rings. The van der Waals surface area contributed by atoms with Gasteiger partial charge in [0.2, 0.25) is 0 Å². The van der Waals surface area contributed by atoms with E-state index < -0.39 is 63.6 Å². The molecule has 5 aliphatic rings. The first kappa shape index (κ1) is 24.4. The molecule has 3 heterocycles. The van der Waals surface area contributed by atoms with Gasteiger partial charge >= 0.3 is 11.9 Å². The third-order valence-electron chi connectivity index (χ3n) is 11.9. The molecule has 3 aliphatic carbocycles. The Morgan fingerprint density at radius 2 is 1.78 bits per heavy atom. The number of hydrogen-bond donors (Lipinski definition) is 2. The number of methoxy groups -OCH3 is 1. The van der Waals surface area contributed by atoms with Crippen LogP contribution < -0.4 is 0 Å². The van der Waals surface area contributed by atoms with Crippen LogP contribution in [0.4, 0.5) is 0 Å². The number of carbonyl (C=O) groups is 2. The number of fused-ring (bicyclic) bond motifs is 3. The summed E-state index contributed by atoms with van der Waals surface area (Å²) in [6.07, 6.45) is 2.52. The van der Waals surface area contributed by atoms with Gasteiger partial charge in [0.25, 0.3) is 0 Å². The average molecular weight is 503 g/mol. The highest BCUT2D eigenvalue weighted by Crippen LogP contribution is 2.80. The van der Waals surface area contributed by atoms with Crippen LogP contribution in [0.2, 0.25) is 0 Å². The number of aliphatic hydroxyl groups is 2. The zero-order valence-electron chi connectivity index (χ0n) is 21.9. The second-order valence-corrected chi connectivity index (χ2v) is 13.2. The maximum absolute atomic E-state index is 13.2. The molecule has 6 rings (SSSR count). The summed E-state index contributed by atoms with van der Waals surface area (Å²) in [4.78, 5) is 26.4. The molecule has 8 heteroatoms. The van der Waals surface area contributed by atoms with E-state index in [2.05, 4.69) is 20.8 Å². The Kier molecular flexibility index (Phi) is 4.85. The number of rotatable bonds is 2. The van der Waals surface area contributed by atoms with E-state index in [1.165, 1.54) is 7.11 Å². The second kappa shape index (κ2) is 7.14. The number of aliphatic hydroxyl groups excluding tert-OH is 2. The molecule has 11 unspecified atom stereocenters. The first-order chi connectivity index (χ1) is 16.8. The van der Waals surface area contributed by atoms with E-state index in [0.717, 1.165) is 12.0 Å². The molecule has 1 aromatic heterocycles. The van der Waals surface area contributed by atoms with Crippen LogP contribution in [0.3, 0.4) is 0 Å². The molecule has 0 bridgehead atoms. The molecule has 3 saturated carbocycles. The Bertz CT molecular complexity index is 1100. The fourth-order valence-electron chi connectivity index (χ4n) is 10.0. The summed E-state index contributed by atoms with van der Waals surface area (Å²) in [5.74, 6) is -1.52. The highest BCUT2D eigenvalue weighted by molar-refractivity contribution is 5.82. The molecule has 2 aliphatic heterocycles. The monoisotopic (exact) mass is 502 g/mol. The normalized spacial score (nSPS) is 52.7. The van der Waals surface area contributed by atoms with E-state index in [-0.39, 0.29) is 17.8 Å². The summed E-state index contributed by atoms with van der Waals surface area (Å²) in [7, 11) is 1.40. The minimum absolute atomic E-state index is 0.121. The molecule has 8 nitrogen and oxygen atoms in total. The van der Waals surface area contributed by atoms with Gasteiger partial charge in [-0.3, -0.25) is 4.79 Å². The zero-order valence-corrected chi connectivity index (χ0v) is 21.9. The van der Waals surface area contributed by atoms with Crippen LogP contribution in [0.1, 0.15) is 72.0 Å². The van der Waals surface area contributed by atoms with Crippen molar-refractivity contribution < 1.29 is 38.4 Å².